The minimum Gasteiger partial charge on any atom is -0.466 e. The number of methoxy groups -OCH3 is 1. The van der Waals surface area contributed by atoms with Crippen LogP contribution in [0.4, 0.5) is 0 Å². The van der Waals surface area contributed by atoms with E-state index in [0.717, 1.165) is 0 Å². The first-order chi connectivity index (χ1) is 17.2. The highest BCUT2D eigenvalue weighted by Crippen LogP contribution is 2.31. The Labute approximate surface area is 209 Å². The van der Waals surface area contributed by atoms with Crippen LogP contribution in [-0.4, -0.2) is 29.6 Å². The molecule has 0 fully saturated rings. The summed E-state index contributed by atoms with van der Waals surface area (Å²) >= 11 is 1.18. The lowest BCUT2D eigenvalue weighted by Gasteiger charge is -2.24. The fourth-order valence-corrected chi connectivity index (χ4v) is 4.92. The van der Waals surface area contributed by atoms with Crippen LogP contribution in [0.15, 0.2) is 69.6 Å². The highest BCUT2D eigenvalue weighted by atomic mass is 32.1. The number of carbonyl (C=O) groups is 3. The SMILES string of the molecule is COC(=O)C1=C(C)N=c2sc(=Cc3cccc(OC(C)=O)c3)c(=O)n2C1c1ccc(OC(C)=O)cc1. The van der Waals surface area contributed by atoms with Gasteiger partial charge in [0.15, 0.2) is 4.80 Å². The zero-order chi connectivity index (χ0) is 26.0. The fraction of sp³-hybridized carbons (Fsp3) is 0.192. The Morgan fingerprint density at radius 3 is 2.31 bits per heavy atom. The number of fused-ring (bicyclic) bond motifs is 1. The van der Waals surface area contributed by atoms with Crippen molar-refractivity contribution in [3.8, 4) is 11.5 Å². The van der Waals surface area contributed by atoms with Crippen LogP contribution in [0.5, 0.6) is 11.5 Å². The Kier molecular flexibility index (Phi) is 6.98. The molecule has 1 aliphatic rings. The summed E-state index contributed by atoms with van der Waals surface area (Å²) in [6, 6.07) is 12.6. The molecular weight excluding hydrogens is 484 g/mol. The third-order valence-electron chi connectivity index (χ3n) is 5.30. The van der Waals surface area contributed by atoms with E-state index in [1.807, 2.05) is 0 Å². The monoisotopic (exact) mass is 506 g/mol. The van der Waals surface area contributed by atoms with Crippen LogP contribution in [0, 0.1) is 0 Å². The van der Waals surface area contributed by atoms with Crippen LogP contribution in [-0.2, 0) is 19.1 Å². The molecule has 2 aromatic carbocycles. The first-order valence-corrected chi connectivity index (χ1v) is 11.7. The summed E-state index contributed by atoms with van der Waals surface area (Å²) in [5.41, 5.74) is 1.59. The summed E-state index contributed by atoms with van der Waals surface area (Å²) in [7, 11) is 1.27. The Morgan fingerprint density at radius 1 is 1.00 bits per heavy atom. The van der Waals surface area contributed by atoms with Crippen molar-refractivity contribution in [2.24, 2.45) is 4.99 Å². The van der Waals surface area contributed by atoms with Gasteiger partial charge < -0.3 is 14.2 Å². The van der Waals surface area contributed by atoms with Crippen molar-refractivity contribution in [3.05, 3.63) is 90.6 Å². The van der Waals surface area contributed by atoms with Crippen LogP contribution >= 0.6 is 11.3 Å². The summed E-state index contributed by atoms with van der Waals surface area (Å²) < 4.78 is 17.1. The number of hydrogen-bond donors (Lipinski definition) is 0. The molecule has 36 heavy (non-hydrogen) atoms. The van der Waals surface area contributed by atoms with Crippen molar-refractivity contribution < 1.29 is 28.6 Å². The van der Waals surface area contributed by atoms with Crippen LogP contribution in [0.25, 0.3) is 6.08 Å². The highest BCUT2D eigenvalue weighted by Gasteiger charge is 2.33. The zero-order valence-corrected chi connectivity index (χ0v) is 20.8. The molecule has 1 aromatic heterocycles. The Morgan fingerprint density at radius 2 is 1.67 bits per heavy atom. The quantitative estimate of drug-likeness (QED) is 0.385. The van der Waals surface area contributed by atoms with E-state index in [2.05, 4.69) is 4.99 Å². The lowest BCUT2D eigenvalue weighted by Crippen LogP contribution is -2.39. The number of allylic oxidation sites excluding steroid dienone is 1. The normalized spacial score (nSPS) is 15.1. The number of nitrogens with zero attached hydrogens (tertiary/aromatic N) is 2. The van der Waals surface area contributed by atoms with E-state index in [0.29, 0.717) is 37.7 Å². The van der Waals surface area contributed by atoms with Crippen LogP contribution in [0.2, 0.25) is 0 Å². The molecular formula is C26H22N2O7S. The number of hydrogen-bond acceptors (Lipinski definition) is 9. The highest BCUT2D eigenvalue weighted by molar-refractivity contribution is 7.07. The summed E-state index contributed by atoms with van der Waals surface area (Å²) in [6.45, 7) is 4.30. The Bertz CT molecular complexity index is 1580. The molecule has 1 atom stereocenters. The molecule has 1 unspecified atom stereocenters. The lowest BCUT2D eigenvalue weighted by atomic mass is 9.96. The Balaban J connectivity index is 1.87. The third-order valence-corrected chi connectivity index (χ3v) is 6.28. The van der Waals surface area contributed by atoms with Crippen molar-refractivity contribution in [2.75, 3.05) is 7.11 Å². The predicted molar refractivity (Wildman–Crippen MR) is 131 cm³/mol. The topological polar surface area (TPSA) is 113 Å². The number of aromatic nitrogens is 1. The molecule has 0 spiro atoms. The van der Waals surface area contributed by atoms with Gasteiger partial charge in [-0.3, -0.25) is 19.0 Å². The van der Waals surface area contributed by atoms with E-state index in [9.17, 15) is 19.2 Å². The molecule has 1 aliphatic heterocycles. The van der Waals surface area contributed by atoms with Gasteiger partial charge in [0, 0.05) is 13.8 Å². The van der Waals surface area contributed by atoms with Gasteiger partial charge in [-0.1, -0.05) is 35.6 Å². The minimum atomic E-state index is -0.797. The molecule has 0 aliphatic carbocycles. The smallest absolute Gasteiger partial charge is 0.338 e. The van der Waals surface area contributed by atoms with Crippen LogP contribution in [0.1, 0.15) is 37.9 Å². The molecule has 0 N–H and O–H groups in total. The van der Waals surface area contributed by atoms with Crippen molar-refractivity contribution in [2.45, 2.75) is 26.8 Å². The van der Waals surface area contributed by atoms with Crippen molar-refractivity contribution >= 4 is 35.3 Å². The number of ether oxygens (including phenoxy) is 3. The van der Waals surface area contributed by atoms with E-state index < -0.39 is 23.9 Å². The first kappa shape index (κ1) is 24.8. The molecule has 184 valence electrons. The van der Waals surface area contributed by atoms with E-state index in [1.165, 1.54) is 36.9 Å². The third kappa shape index (κ3) is 5.03. The molecule has 2 heterocycles. The maximum absolute atomic E-state index is 13.6. The maximum atomic E-state index is 13.6. The fourth-order valence-electron chi connectivity index (χ4n) is 3.88. The second-order valence-corrected chi connectivity index (χ2v) is 8.91. The van der Waals surface area contributed by atoms with Gasteiger partial charge in [0.05, 0.1) is 29.0 Å². The van der Waals surface area contributed by atoms with Crippen LogP contribution in [0.3, 0.4) is 0 Å². The molecule has 0 bridgehead atoms. The summed E-state index contributed by atoms with van der Waals surface area (Å²) in [5, 5.41) is 0. The molecule has 0 saturated carbocycles. The second-order valence-electron chi connectivity index (χ2n) is 7.90. The summed E-state index contributed by atoms with van der Waals surface area (Å²) in [6.07, 6.45) is 1.68. The second kappa shape index (κ2) is 10.1. The predicted octanol–water partition coefficient (Wildman–Crippen LogP) is 2.26. The number of benzene rings is 2. The molecule has 4 rings (SSSR count). The number of carbonyl (C=O) groups excluding carboxylic acids is 3. The van der Waals surface area contributed by atoms with Gasteiger partial charge in [-0.25, -0.2) is 9.79 Å². The molecule has 0 amide bonds. The van der Waals surface area contributed by atoms with Gasteiger partial charge in [0.2, 0.25) is 0 Å². The van der Waals surface area contributed by atoms with E-state index in [1.54, 1.807) is 61.5 Å². The largest absolute Gasteiger partial charge is 0.466 e. The van der Waals surface area contributed by atoms with Gasteiger partial charge in [-0.15, -0.1) is 0 Å². The van der Waals surface area contributed by atoms with Crippen molar-refractivity contribution in [1.29, 1.82) is 0 Å². The molecule has 9 nitrogen and oxygen atoms in total. The van der Waals surface area contributed by atoms with Gasteiger partial charge in [0.1, 0.15) is 11.5 Å². The average Bonchev–Trinajstić information content (AvgIpc) is 3.12. The average molecular weight is 507 g/mol. The first-order valence-electron chi connectivity index (χ1n) is 10.9. The van der Waals surface area contributed by atoms with Crippen molar-refractivity contribution in [3.63, 3.8) is 0 Å². The lowest BCUT2D eigenvalue weighted by molar-refractivity contribution is -0.136. The van der Waals surface area contributed by atoms with Crippen LogP contribution < -0.4 is 24.4 Å². The van der Waals surface area contributed by atoms with Gasteiger partial charge in [-0.2, -0.15) is 0 Å². The van der Waals surface area contributed by atoms with E-state index in [-0.39, 0.29) is 11.1 Å². The van der Waals surface area contributed by atoms with Gasteiger partial charge in [-0.05, 0) is 48.4 Å². The number of rotatable bonds is 5. The molecule has 3 aromatic rings. The minimum absolute atomic E-state index is 0.230. The maximum Gasteiger partial charge on any atom is 0.338 e. The standard InChI is InChI=1S/C26H22N2O7S/c1-14-22(25(32)33-4)23(18-8-10-19(11-9-18)34-15(2)29)28-24(31)21(36-26(28)27-14)13-17-6-5-7-20(12-17)35-16(3)30/h5-13,23H,1-4H3. The molecule has 0 saturated heterocycles. The summed E-state index contributed by atoms with van der Waals surface area (Å²) in [5.74, 6) is -0.810. The Hall–Kier alpha value is -4.31. The van der Waals surface area contributed by atoms with E-state index in [4.69, 9.17) is 14.2 Å². The molecule has 10 heteroatoms. The zero-order valence-electron chi connectivity index (χ0n) is 19.9. The van der Waals surface area contributed by atoms with Crippen molar-refractivity contribution in [1.82, 2.24) is 4.57 Å². The summed E-state index contributed by atoms with van der Waals surface area (Å²) in [4.78, 5) is 53.8. The number of esters is 3. The number of thiazole rings is 1. The van der Waals surface area contributed by atoms with E-state index >= 15 is 0 Å². The van der Waals surface area contributed by atoms with Gasteiger partial charge >= 0.3 is 17.9 Å². The molecule has 0 radical (unpaired) electrons. The van der Waals surface area contributed by atoms with Gasteiger partial charge in [0.25, 0.3) is 5.56 Å².